The zero-order valence-corrected chi connectivity index (χ0v) is 14.9. The summed E-state index contributed by atoms with van der Waals surface area (Å²) in [5, 5.41) is 3.53. The molecule has 1 aromatic rings. The Morgan fingerprint density at radius 1 is 0.909 bits per heavy atom. The van der Waals surface area contributed by atoms with Crippen molar-refractivity contribution < 1.29 is 4.74 Å². The van der Waals surface area contributed by atoms with E-state index in [-0.39, 0.29) is 0 Å². The van der Waals surface area contributed by atoms with E-state index in [1.807, 2.05) is 0 Å². The van der Waals surface area contributed by atoms with Crippen LogP contribution in [0.15, 0.2) is 24.3 Å². The lowest BCUT2D eigenvalue weighted by Crippen LogP contribution is -2.14. The first-order valence-electron chi connectivity index (χ1n) is 9.14. The van der Waals surface area contributed by atoms with Gasteiger partial charge < -0.3 is 10.1 Å². The largest absolute Gasteiger partial charge is 0.493 e. The standard InChI is InChI=1S/C20H35NO/c1-4-5-6-7-8-9-10-15-21-16-19-11-13-20(14-12-19)22-17-18(2)3/h11-14,18,21H,4-10,15-17H2,1-3H3. The normalized spacial score (nSPS) is 11.1. The third kappa shape index (κ3) is 9.83. The highest BCUT2D eigenvalue weighted by molar-refractivity contribution is 5.27. The van der Waals surface area contributed by atoms with Crippen molar-refractivity contribution in [2.24, 2.45) is 5.92 Å². The molecule has 0 bridgehead atoms. The third-order valence-corrected chi connectivity index (χ3v) is 3.79. The minimum absolute atomic E-state index is 0.573. The number of unbranched alkanes of at least 4 members (excludes halogenated alkanes) is 6. The molecule has 1 rings (SSSR count). The number of ether oxygens (including phenoxy) is 1. The third-order valence-electron chi connectivity index (χ3n) is 3.79. The smallest absolute Gasteiger partial charge is 0.119 e. The van der Waals surface area contributed by atoms with Crippen LogP contribution in [0.1, 0.15) is 71.3 Å². The van der Waals surface area contributed by atoms with E-state index in [0.717, 1.165) is 25.4 Å². The molecule has 0 aliphatic rings. The van der Waals surface area contributed by atoms with E-state index >= 15 is 0 Å². The maximum Gasteiger partial charge on any atom is 0.119 e. The van der Waals surface area contributed by atoms with Crippen molar-refractivity contribution in [3.63, 3.8) is 0 Å². The van der Waals surface area contributed by atoms with Crippen molar-refractivity contribution in [2.45, 2.75) is 72.3 Å². The molecule has 2 heteroatoms. The quantitative estimate of drug-likeness (QED) is 0.482. The van der Waals surface area contributed by atoms with Gasteiger partial charge in [-0.3, -0.25) is 0 Å². The van der Waals surface area contributed by atoms with Crippen LogP contribution in [-0.4, -0.2) is 13.2 Å². The van der Waals surface area contributed by atoms with Gasteiger partial charge in [-0.25, -0.2) is 0 Å². The lowest BCUT2D eigenvalue weighted by Gasteiger charge is -2.09. The number of benzene rings is 1. The Hall–Kier alpha value is -1.02. The number of rotatable bonds is 13. The lowest BCUT2D eigenvalue weighted by molar-refractivity contribution is 0.271. The van der Waals surface area contributed by atoms with Crippen LogP contribution in [0.5, 0.6) is 5.75 Å². The maximum atomic E-state index is 5.70. The van der Waals surface area contributed by atoms with E-state index in [1.165, 1.54) is 50.5 Å². The molecule has 0 aliphatic carbocycles. The van der Waals surface area contributed by atoms with Gasteiger partial charge in [0.1, 0.15) is 5.75 Å². The Morgan fingerprint density at radius 2 is 1.55 bits per heavy atom. The van der Waals surface area contributed by atoms with Gasteiger partial charge in [0, 0.05) is 6.54 Å². The molecular weight excluding hydrogens is 270 g/mol. The summed E-state index contributed by atoms with van der Waals surface area (Å²) in [5.74, 6) is 1.55. The molecule has 0 aromatic heterocycles. The molecule has 0 spiro atoms. The first-order chi connectivity index (χ1) is 10.7. The molecule has 0 amide bonds. The van der Waals surface area contributed by atoms with Crippen LogP contribution >= 0.6 is 0 Å². The van der Waals surface area contributed by atoms with Gasteiger partial charge in [0.15, 0.2) is 0 Å². The molecular formula is C20H35NO. The molecule has 1 aromatic carbocycles. The van der Waals surface area contributed by atoms with Crippen molar-refractivity contribution in [1.29, 1.82) is 0 Å². The molecule has 0 aliphatic heterocycles. The predicted octanol–water partition coefficient (Wildman–Crippen LogP) is 5.56. The number of hydrogen-bond donors (Lipinski definition) is 1. The summed E-state index contributed by atoms with van der Waals surface area (Å²) in [4.78, 5) is 0. The fourth-order valence-electron chi connectivity index (χ4n) is 2.41. The van der Waals surface area contributed by atoms with Crippen molar-refractivity contribution in [3.8, 4) is 5.75 Å². The summed E-state index contributed by atoms with van der Waals surface area (Å²) in [6.45, 7) is 9.48. The van der Waals surface area contributed by atoms with Crippen LogP contribution in [0.2, 0.25) is 0 Å². The fraction of sp³-hybridized carbons (Fsp3) is 0.700. The lowest BCUT2D eigenvalue weighted by atomic mass is 10.1. The van der Waals surface area contributed by atoms with Gasteiger partial charge in [0.25, 0.3) is 0 Å². The molecule has 0 fully saturated rings. The van der Waals surface area contributed by atoms with Crippen LogP contribution in [-0.2, 0) is 6.54 Å². The van der Waals surface area contributed by atoms with Crippen LogP contribution < -0.4 is 10.1 Å². The summed E-state index contributed by atoms with van der Waals surface area (Å²) < 4.78 is 5.70. The minimum atomic E-state index is 0.573. The highest BCUT2D eigenvalue weighted by Crippen LogP contribution is 2.13. The molecule has 0 saturated heterocycles. The Balaban J connectivity index is 2.03. The summed E-state index contributed by atoms with van der Waals surface area (Å²) in [5.41, 5.74) is 1.33. The van der Waals surface area contributed by atoms with E-state index in [1.54, 1.807) is 0 Å². The molecule has 126 valence electrons. The second kappa shape index (κ2) is 12.5. The van der Waals surface area contributed by atoms with Gasteiger partial charge >= 0.3 is 0 Å². The first kappa shape index (κ1) is 19.0. The number of nitrogens with one attached hydrogen (secondary N) is 1. The summed E-state index contributed by atoms with van der Waals surface area (Å²) in [6, 6.07) is 8.47. The van der Waals surface area contributed by atoms with E-state index in [9.17, 15) is 0 Å². The number of hydrogen-bond acceptors (Lipinski definition) is 2. The maximum absolute atomic E-state index is 5.70. The van der Waals surface area contributed by atoms with Crippen LogP contribution in [0.4, 0.5) is 0 Å². The Morgan fingerprint density at radius 3 is 2.18 bits per heavy atom. The van der Waals surface area contributed by atoms with E-state index in [2.05, 4.69) is 50.4 Å². The Kier molecular flexibility index (Phi) is 10.8. The van der Waals surface area contributed by atoms with E-state index in [4.69, 9.17) is 4.74 Å². The second-order valence-corrected chi connectivity index (χ2v) is 6.65. The van der Waals surface area contributed by atoms with Gasteiger partial charge in [-0.15, -0.1) is 0 Å². The fourth-order valence-corrected chi connectivity index (χ4v) is 2.41. The molecule has 0 unspecified atom stereocenters. The molecule has 0 radical (unpaired) electrons. The minimum Gasteiger partial charge on any atom is -0.493 e. The molecule has 0 heterocycles. The van der Waals surface area contributed by atoms with E-state index < -0.39 is 0 Å². The van der Waals surface area contributed by atoms with Crippen LogP contribution in [0, 0.1) is 5.92 Å². The van der Waals surface area contributed by atoms with Gasteiger partial charge in [-0.2, -0.15) is 0 Å². The first-order valence-corrected chi connectivity index (χ1v) is 9.14. The zero-order valence-electron chi connectivity index (χ0n) is 14.9. The van der Waals surface area contributed by atoms with Crippen molar-refractivity contribution in [2.75, 3.05) is 13.2 Å². The molecule has 0 saturated carbocycles. The van der Waals surface area contributed by atoms with E-state index in [0.29, 0.717) is 5.92 Å². The Bertz CT molecular complexity index is 358. The average Bonchev–Trinajstić information content (AvgIpc) is 2.52. The Labute approximate surface area is 137 Å². The summed E-state index contributed by atoms with van der Waals surface area (Å²) >= 11 is 0. The highest BCUT2D eigenvalue weighted by atomic mass is 16.5. The van der Waals surface area contributed by atoms with Crippen molar-refractivity contribution >= 4 is 0 Å². The second-order valence-electron chi connectivity index (χ2n) is 6.65. The van der Waals surface area contributed by atoms with Crippen molar-refractivity contribution in [3.05, 3.63) is 29.8 Å². The highest BCUT2D eigenvalue weighted by Gasteiger charge is 1.98. The van der Waals surface area contributed by atoms with Crippen LogP contribution in [0.3, 0.4) is 0 Å². The topological polar surface area (TPSA) is 21.3 Å². The predicted molar refractivity (Wildman–Crippen MR) is 96.5 cm³/mol. The average molecular weight is 306 g/mol. The SMILES string of the molecule is CCCCCCCCCNCc1ccc(OCC(C)C)cc1. The molecule has 0 atom stereocenters. The van der Waals surface area contributed by atoms with Crippen LogP contribution in [0.25, 0.3) is 0 Å². The van der Waals surface area contributed by atoms with Gasteiger partial charge in [-0.05, 0) is 36.6 Å². The monoisotopic (exact) mass is 305 g/mol. The summed E-state index contributed by atoms with van der Waals surface area (Å²) in [7, 11) is 0. The molecule has 2 nitrogen and oxygen atoms in total. The van der Waals surface area contributed by atoms with Crippen molar-refractivity contribution in [1.82, 2.24) is 5.32 Å². The van der Waals surface area contributed by atoms with Gasteiger partial charge in [-0.1, -0.05) is 71.4 Å². The molecule has 22 heavy (non-hydrogen) atoms. The van der Waals surface area contributed by atoms with Gasteiger partial charge in [0.2, 0.25) is 0 Å². The zero-order chi connectivity index (χ0) is 16.0. The summed E-state index contributed by atoms with van der Waals surface area (Å²) in [6.07, 6.45) is 9.60. The molecule has 1 N–H and O–H groups in total. The van der Waals surface area contributed by atoms with Gasteiger partial charge in [0.05, 0.1) is 6.61 Å².